The molecule has 1 aromatic carbocycles. The van der Waals surface area contributed by atoms with E-state index in [0.717, 1.165) is 6.92 Å². The van der Waals surface area contributed by atoms with Crippen molar-refractivity contribution < 1.29 is 22.8 Å². The van der Waals surface area contributed by atoms with Crippen molar-refractivity contribution in [3.63, 3.8) is 0 Å². The van der Waals surface area contributed by atoms with E-state index in [9.17, 15) is 22.8 Å². The predicted molar refractivity (Wildman–Crippen MR) is 140 cm³/mol. The first-order valence-corrected chi connectivity index (χ1v) is 12.0. The highest BCUT2D eigenvalue weighted by Crippen LogP contribution is 2.41. The molecule has 2 atom stereocenters. The maximum atomic E-state index is 13.7. The first-order valence-electron chi connectivity index (χ1n) is 12.0. The van der Waals surface area contributed by atoms with E-state index in [4.69, 9.17) is 11.1 Å². The van der Waals surface area contributed by atoms with E-state index in [1.165, 1.54) is 23.2 Å². The molecule has 0 aliphatic carbocycles. The van der Waals surface area contributed by atoms with E-state index in [1.807, 2.05) is 5.32 Å². The van der Waals surface area contributed by atoms with Crippen molar-refractivity contribution in [1.82, 2.24) is 10.3 Å². The van der Waals surface area contributed by atoms with E-state index in [1.54, 1.807) is 38.4 Å². The maximum absolute atomic E-state index is 13.7. The summed E-state index contributed by atoms with van der Waals surface area (Å²) in [5.74, 6) is -1.53. The molecule has 0 spiro atoms. The van der Waals surface area contributed by atoms with Gasteiger partial charge < -0.3 is 16.0 Å². The number of hydrogen-bond donors (Lipinski definition) is 3. The largest absolute Gasteiger partial charge is 0.408 e. The number of aromatic nitrogens is 1. The lowest BCUT2D eigenvalue weighted by Gasteiger charge is -2.37. The summed E-state index contributed by atoms with van der Waals surface area (Å²) in [5, 5.41) is 10.6. The molecule has 0 radical (unpaired) electrons. The third kappa shape index (κ3) is 5.11. The minimum Gasteiger partial charge on any atom is -0.402 e. The quantitative estimate of drug-likeness (QED) is 0.498. The van der Waals surface area contributed by atoms with Crippen molar-refractivity contribution in [2.45, 2.75) is 38.5 Å². The van der Waals surface area contributed by atoms with Crippen LogP contribution in [0.5, 0.6) is 0 Å². The fourth-order valence-corrected chi connectivity index (χ4v) is 4.63. The summed E-state index contributed by atoms with van der Waals surface area (Å²) in [7, 11) is 1.60. The Bertz CT molecular complexity index is 1350. The van der Waals surface area contributed by atoms with Gasteiger partial charge in [0.05, 0.1) is 23.1 Å². The lowest BCUT2D eigenvalue weighted by Crippen LogP contribution is -2.49. The number of amides is 2. The minimum atomic E-state index is -4.59. The van der Waals surface area contributed by atoms with Gasteiger partial charge in [0, 0.05) is 49.4 Å². The molecule has 1 unspecified atom stereocenters. The van der Waals surface area contributed by atoms with Gasteiger partial charge in [0.2, 0.25) is 0 Å². The van der Waals surface area contributed by atoms with Crippen molar-refractivity contribution in [2.75, 3.05) is 29.9 Å². The molecule has 2 aliphatic heterocycles. The van der Waals surface area contributed by atoms with Crippen molar-refractivity contribution >= 4 is 40.7 Å². The topological polar surface area (TPSA) is 128 Å². The van der Waals surface area contributed by atoms with Gasteiger partial charge in [-0.1, -0.05) is 0 Å². The second kappa shape index (κ2) is 10.3. The standard InChI is InChI=1S/C26H28F3N7O2/c1-14(30)19(12-32-3)16-6-8-33-20(10-16)23(31)25(38)36-18-7-9-35(13-18)21-5-4-17(11-22(21)36)24(37)34-15(2)26(27,28)29/h4-6,8,10-12,15,18,31H,7,9,13,30H2,1-3H3,(H,34,37)/t15-,18?/m1/s1. The molecular formula is C26H28F3N7O2. The van der Waals surface area contributed by atoms with Gasteiger partial charge in [-0.05, 0) is 56.2 Å². The Morgan fingerprint density at radius 3 is 2.63 bits per heavy atom. The summed E-state index contributed by atoms with van der Waals surface area (Å²) in [6.07, 6.45) is -0.890. The van der Waals surface area contributed by atoms with E-state index in [2.05, 4.69) is 14.9 Å². The number of halogens is 3. The van der Waals surface area contributed by atoms with Crippen LogP contribution in [0.15, 0.2) is 47.2 Å². The van der Waals surface area contributed by atoms with Gasteiger partial charge in [0.25, 0.3) is 11.8 Å². The number of nitrogens with one attached hydrogen (secondary N) is 2. The highest BCUT2D eigenvalue weighted by Gasteiger charge is 2.41. The minimum absolute atomic E-state index is 0.0149. The number of fused-ring (bicyclic) bond motifs is 4. The fourth-order valence-electron chi connectivity index (χ4n) is 4.63. The third-order valence-corrected chi connectivity index (χ3v) is 6.65. The summed E-state index contributed by atoms with van der Waals surface area (Å²) in [6, 6.07) is 5.45. The summed E-state index contributed by atoms with van der Waals surface area (Å²) < 4.78 is 38.9. The molecule has 2 aromatic rings. The number of carbonyl (C=O) groups excluding carboxylic acids is 2. The van der Waals surface area contributed by atoms with Gasteiger partial charge >= 0.3 is 6.18 Å². The second-order valence-corrected chi connectivity index (χ2v) is 9.29. The van der Waals surface area contributed by atoms with Crippen LogP contribution in [-0.2, 0) is 4.79 Å². The number of allylic oxidation sites excluding steroid dienone is 2. The zero-order valence-electron chi connectivity index (χ0n) is 21.1. The molecule has 2 bridgehead atoms. The van der Waals surface area contributed by atoms with Crippen LogP contribution in [0.1, 0.15) is 41.9 Å². The molecule has 3 heterocycles. The average Bonchev–Trinajstić information content (AvgIpc) is 3.29. The molecule has 1 aromatic heterocycles. The summed E-state index contributed by atoms with van der Waals surface area (Å²) >= 11 is 0. The van der Waals surface area contributed by atoms with Crippen LogP contribution in [0.2, 0.25) is 0 Å². The van der Waals surface area contributed by atoms with Crippen molar-refractivity contribution in [1.29, 1.82) is 5.41 Å². The molecule has 0 saturated carbocycles. The first-order chi connectivity index (χ1) is 17.9. The molecule has 38 heavy (non-hydrogen) atoms. The first kappa shape index (κ1) is 26.8. The van der Waals surface area contributed by atoms with E-state index in [0.29, 0.717) is 47.7 Å². The molecule has 9 nitrogen and oxygen atoms in total. The number of nitrogens with two attached hydrogens (primary N) is 1. The van der Waals surface area contributed by atoms with Gasteiger partial charge in [0.1, 0.15) is 11.8 Å². The lowest BCUT2D eigenvalue weighted by molar-refractivity contribution is -0.149. The number of rotatable bonds is 6. The number of aliphatic imine (C=N–C) groups is 1. The van der Waals surface area contributed by atoms with Gasteiger partial charge in [-0.25, -0.2) is 0 Å². The van der Waals surface area contributed by atoms with Crippen LogP contribution < -0.4 is 20.9 Å². The number of nitrogens with zero attached hydrogens (tertiary/aromatic N) is 4. The fraction of sp³-hybridized carbons (Fsp3) is 0.346. The number of alkyl halides is 3. The van der Waals surface area contributed by atoms with Crippen molar-refractivity contribution in [3.8, 4) is 0 Å². The van der Waals surface area contributed by atoms with Crippen LogP contribution in [-0.4, -0.2) is 67.1 Å². The van der Waals surface area contributed by atoms with Crippen LogP contribution in [0, 0.1) is 5.41 Å². The summed E-state index contributed by atoms with van der Waals surface area (Å²) in [4.78, 5) is 38.0. The number of hydrogen-bond acceptors (Lipinski definition) is 7. The van der Waals surface area contributed by atoms with E-state index < -0.39 is 24.0 Å². The van der Waals surface area contributed by atoms with Crippen LogP contribution in [0.4, 0.5) is 24.5 Å². The second-order valence-electron chi connectivity index (χ2n) is 9.29. The Labute approximate surface area is 217 Å². The Hall–Kier alpha value is -4.22. The lowest BCUT2D eigenvalue weighted by atomic mass is 10.0. The maximum Gasteiger partial charge on any atom is 0.408 e. The number of pyridine rings is 1. The Morgan fingerprint density at radius 1 is 1.24 bits per heavy atom. The molecule has 200 valence electrons. The highest BCUT2D eigenvalue weighted by molar-refractivity contribution is 6.48. The van der Waals surface area contributed by atoms with Gasteiger partial charge in [-0.3, -0.25) is 29.9 Å². The SMILES string of the molecule is CN=CC(=C(C)N)c1ccnc(C(=N)C(=O)N2c3cc(C(=O)N[C@H](C)C(F)(F)F)ccc3N3CCC2C3)c1. The van der Waals surface area contributed by atoms with Crippen LogP contribution in [0.25, 0.3) is 5.57 Å². The Balaban J connectivity index is 1.68. The third-order valence-electron chi connectivity index (χ3n) is 6.65. The Kier molecular flexibility index (Phi) is 7.25. The molecule has 1 fully saturated rings. The summed E-state index contributed by atoms with van der Waals surface area (Å²) in [6.45, 7) is 3.79. The normalized spacial score (nSPS) is 18.2. The van der Waals surface area contributed by atoms with Gasteiger partial charge in [0.15, 0.2) is 0 Å². The molecule has 12 heteroatoms. The number of anilines is 2. The van der Waals surface area contributed by atoms with Crippen molar-refractivity contribution in [3.05, 3.63) is 59.0 Å². The smallest absolute Gasteiger partial charge is 0.402 e. The highest BCUT2D eigenvalue weighted by atomic mass is 19.4. The number of carbonyl (C=O) groups is 2. The molecule has 1 saturated heterocycles. The van der Waals surface area contributed by atoms with E-state index in [-0.39, 0.29) is 23.0 Å². The van der Waals surface area contributed by atoms with Gasteiger partial charge in [-0.2, -0.15) is 13.2 Å². The Morgan fingerprint density at radius 2 is 1.97 bits per heavy atom. The summed E-state index contributed by atoms with van der Waals surface area (Å²) in [5.41, 5.74) is 8.56. The molecular weight excluding hydrogens is 499 g/mol. The van der Waals surface area contributed by atoms with Crippen LogP contribution in [0.3, 0.4) is 0 Å². The monoisotopic (exact) mass is 527 g/mol. The molecule has 4 rings (SSSR count). The molecule has 4 N–H and O–H groups in total. The zero-order valence-corrected chi connectivity index (χ0v) is 21.1. The van der Waals surface area contributed by atoms with Gasteiger partial charge in [-0.15, -0.1) is 0 Å². The molecule has 2 aliphatic rings. The predicted octanol–water partition coefficient (Wildman–Crippen LogP) is 3.15. The average molecular weight is 528 g/mol. The van der Waals surface area contributed by atoms with Crippen molar-refractivity contribution in [2.24, 2.45) is 10.7 Å². The number of benzene rings is 1. The van der Waals surface area contributed by atoms with E-state index >= 15 is 0 Å². The zero-order chi connectivity index (χ0) is 27.8. The van der Waals surface area contributed by atoms with Crippen LogP contribution >= 0.6 is 0 Å². The molecule has 2 amide bonds.